The Bertz CT molecular complexity index is 817. The van der Waals surface area contributed by atoms with E-state index in [1.54, 1.807) is 46.0 Å². The Hall–Kier alpha value is -1.72. The number of hydrogen-bond donors (Lipinski definition) is 0. The Kier molecular flexibility index (Phi) is 4.98. The van der Waals surface area contributed by atoms with E-state index in [0.29, 0.717) is 16.5 Å². The molecule has 27 heavy (non-hydrogen) atoms. The van der Waals surface area contributed by atoms with E-state index in [1.807, 2.05) is 12.1 Å². The van der Waals surface area contributed by atoms with Crippen molar-refractivity contribution in [2.45, 2.75) is 45.1 Å². The molecule has 7 heteroatoms. The molecule has 0 saturated heterocycles. The highest BCUT2D eigenvalue weighted by molar-refractivity contribution is 6.42. The SMILES string of the molecule is CCOC(=O)[C@@]12CN(C(=O)OC(C)(C)C)C=C[C@]1(c1ccc(Cl)c(Cl)c1)C2. The van der Waals surface area contributed by atoms with E-state index in [1.165, 1.54) is 4.90 Å². The van der Waals surface area contributed by atoms with Crippen molar-refractivity contribution in [3.63, 3.8) is 0 Å². The van der Waals surface area contributed by atoms with E-state index in [4.69, 9.17) is 32.7 Å². The predicted octanol–water partition coefficient (Wildman–Crippen LogP) is 4.95. The first-order chi connectivity index (χ1) is 12.5. The second-order valence-corrected chi connectivity index (χ2v) is 8.82. The normalized spacial score (nSPS) is 26.4. The number of benzene rings is 1. The van der Waals surface area contributed by atoms with Gasteiger partial charge in [0.25, 0.3) is 0 Å². The summed E-state index contributed by atoms with van der Waals surface area (Å²) in [4.78, 5) is 26.8. The van der Waals surface area contributed by atoms with Gasteiger partial charge in [-0.15, -0.1) is 0 Å². The Morgan fingerprint density at radius 2 is 1.93 bits per heavy atom. The first kappa shape index (κ1) is 20.0. The molecule has 3 rings (SSSR count). The van der Waals surface area contributed by atoms with Crippen LogP contribution in [0.4, 0.5) is 4.79 Å². The Balaban J connectivity index is 1.97. The van der Waals surface area contributed by atoms with E-state index >= 15 is 0 Å². The number of ether oxygens (including phenoxy) is 2. The van der Waals surface area contributed by atoms with Crippen molar-refractivity contribution >= 4 is 35.3 Å². The zero-order valence-corrected chi connectivity index (χ0v) is 17.4. The molecule has 1 aliphatic heterocycles. The Labute approximate surface area is 169 Å². The van der Waals surface area contributed by atoms with Gasteiger partial charge in [0.2, 0.25) is 0 Å². The summed E-state index contributed by atoms with van der Waals surface area (Å²) >= 11 is 12.2. The average Bonchev–Trinajstić information content (AvgIpc) is 3.27. The van der Waals surface area contributed by atoms with Crippen molar-refractivity contribution in [1.82, 2.24) is 4.90 Å². The van der Waals surface area contributed by atoms with Crippen LogP contribution in [0.3, 0.4) is 0 Å². The molecule has 0 aromatic heterocycles. The van der Waals surface area contributed by atoms with Gasteiger partial charge >= 0.3 is 12.1 Å². The Morgan fingerprint density at radius 1 is 1.22 bits per heavy atom. The number of carbonyl (C=O) groups excluding carboxylic acids is 2. The highest BCUT2D eigenvalue weighted by Gasteiger charge is 2.74. The summed E-state index contributed by atoms with van der Waals surface area (Å²) in [7, 11) is 0. The number of amides is 1. The molecule has 1 fully saturated rings. The van der Waals surface area contributed by atoms with Crippen LogP contribution in [0.1, 0.15) is 39.7 Å². The predicted molar refractivity (Wildman–Crippen MR) is 104 cm³/mol. The molecule has 2 atom stereocenters. The van der Waals surface area contributed by atoms with Gasteiger partial charge in [-0.25, -0.2) is 4.79 Å². The summed E-state index contributed by atoms with van der Waals surface area (Å²) in [6.45, 7) is 7.64. The molecule has 0 unspecified atom stereocenters. The monoisotopic (exact) mass is 411 g/mol. The van der Waals surface area contributed by atoms with Crippen molar-refractivity contribution in [3.05, 3.63) is 46.1 Å². The van der Waals surface area contributed by atoms with E-state index in [2.05, 4.69) is 0 Å². The Morgan fingerprint density at radius 3 is 2.52 bits per heavy atom. The highest BCUT2D eigenvalue weighted by Crippen LogP contribution is 2.68. The summed E-state index contributed by atoms with van der Waals surface area (Å²) in [5.41, 5.74) is -1.16. The van der Waals surface area contributed by atoms with Crippen molar-refractivity contribution < 1.29 is 19.1 Å². The second-order valence-electron chi connectivity index (χ2n) is 8.00. The van der Waals surface area contributed by atoms with Gasteiger partial charge in [0.15, 0.2) is 0 Å². The van der Waals surface area contributed by atoms with E-state index in [0.717, 1.165) is 5.56 Å². The van der Waals surface area contributed by atoms with Gasteiger partial charge in [-0.2, -0.15) is 0 Å². The minimum absolute atomic E-state index is 0.192. The van der Waals surface area contributed by atoms with Gasteiger partial charge in [-0.1, -0.05) is 35.3 Å². The maximum Gasteiger partial charge on any atom is 0.414 e. The average molecular weight is 412 g/mol. The maximum atomic E-state index is 12.9. The van der Waals surface area contributed by atoms with Crippen LogP contribution in [0.25, 0.3) is 0 Å². The number of fused-ring (bicyclic) bond motifs is 1. The fourth-order valence-corrected chi connectivity index (χ4v) is 3.99. The topological polar surface area (TPSA) is 55.8 Å². The van der Waals surface area contributed by atoms with Crippen molar-refractivity contribution in [3.8, 4) is 0 Å². The molecular formula is C20H23Cl2NO4. The molecule has 0 bridgehead atoms. The van der Waals surface area contributed by atoms with E-state index < -0.39 is 22.5 Å². The van der Waals surface area contributed by atoms with Crippen molar-refractivity contribution in [2.24, 2.45) is 5.41 Å². The quantitative estimate of drug-likeness (QED) is 0.660. The molecule has 0 spiro atoms. The van der Waals surface area contributed by atoms with Gasteiger partial charge in [-0.05, 0) is 51.8 Å². The standard InChI is InChI=1S/C20H23Cl2NO4/c1-5-26-16(24)20-11-19(20,13-6-7-14(21)15(22)10-13)8-9-23(12-20)17(25)27-18(2,3)4/h6-10H,5,11-12H2,1-4H3/t19-,20-/m1/s1. The third-order valence-corrected chi connectivity index (χ3v) is 5.76. The van der Waals surface area contributed by atoms with Crippen LogP contribution in [-0.4, -0.2) is 35.7 Å². The first-order valence-corrected chi connectivity index (χ1v) is 9.62. The molecule has 1 aromatic carbocycles. The van der Waals surface area contributed by atoms with Crippen LogP contribution in [0.15, 0.2) is 30.5 Å². The van der Waals surface area contributed by atoms with Gasteiger partial charge in [0.1, 0.15) is 11.0 Å². The minimum atomic E-state index is -0.855. The molecule has 1 aliphatic carbocycles. The summed E-state index contributed by atoms with van der Waals surface area (Å²) in [5.74, 6) is -0.325. The fraction of sp³-hybridized carbons (Fsp3) is 0.500. The number of nitrogens with zero attached hydrogens (tertiary/aromatic N) is 1. The van der Waals surface area contributed by atoms with Crippen LogP contribution in [0.5, 0.6) is 0 Å². The molecule has 0 radical (unpaired) electrons. The zero-order chi connectivity index (χ0) is 20.0. The summed E-state index contributed by atoms with van der Waals surface area (Å²) in [6, 6.07) is 5.36. The highest BCUT2D eigenvalue weighted by atomic mass is 35.5. The lowest BCUT2D eigenvalue weighted by molar-refractivity contribution is -0.151. The van der Waals surface area contributed by atoms with Gasteiger partial charge in [0.05, 0.1) is 16.7 Å². The largest absolute Gasteiger partial charge is 0.465 e. The van der Waals surface area contributed by atoms with Gasteiger partial charge in [-0.3, -0.25) is 9.69 Å². The zero-order valence-electron chi connectivity index (χ0n) is 15.8. The van der Waals surface area contributed by atoms with Gasteiger partial charge < -0.3 is 9.47 Å². The lowest BCUT2D eigenvalue weighted by Crippen LogP contribution is -2.44. The fourth-order valence-electron chi connectivity index (χ4n) is 3.69. The van der Waals surface area contributed by atoms with Gasteiger partial charge in [0, 0.05) is 18.2 Å². The molecule has 1 heterocycles. The molecule has 0 N–H and O–H groups in total. The molecule has 5 nitrogen and oxygen atoms in total. The van der Waals surface area contributed by atoms with Crippen LogP contribution >= 0.6 is 23.2 Å². The molecule has 146 valence electrons. The van der Waals surface area contributed by atoms with Crippen molar-refractivity contribution in [2.75, 3.05) is 13.2 Å². The smallest absolute Gasteiger partial charge is 0.414 e. The lowest BCUT2D eigenvalue weighted by atomic mass is 9.83. The van der Waals surface area contributed by atoms with Crippen molar-refractivity contribution in [1.29, 1.82) is 0 Å². The minimum Gasteiger partial charge on any atom is -0.465 e. The molecule has 2 aliphatic rings. The number of allylic oxidation sites excluding steroid dienone is 1. The van der Waals surface area contributed by atoms with Crippen LogP contribution in [-0.2, 0) is 19.7 Å². The van der Waals surface area contributed by atoms with E-state index in [-0.39, 0.29) is 19.1 Å². The summed E-state index contributed by atoms with van der Waals surface area (Å²) in [5, 5.41) is 0.880. The third kappa shape index (κ3) is 3.43. The second kappa shape index (κ2) is 6.71. The molecular weight excluding hydrogens is 389 g/mol. The molecule has 1 aromatic rings. The molecule has 1 amide bonds. The summed E-state index contributed by atoms with van der Waals surface area (Å²) < 4.78 is 10.8. The maximum absolute atomic E-state index is 12.9. The first-order valence-electron chi connectivity index (χ1n) is 8.86. The number of halogens is 2. The summed E-state index contributed by atoms with van der Waals surface area (Å²) in [6.07, 6.45) is 3.60. The number of hydrogen-bond acceptors (Lipinski definition) is 4. The number of esters is 1. The van der Waals surface area contributed by atoms with Crippen LogP contribution < -0.4 is 0 Å². The third-order valence-electron chi connectivity index (χ3n) is 5.02. The van der Waals surface area contributed by atoms with Crippen LogP contribution in [0.2, 0.25) is 10.0 Å². The number of carbonyl (C=O) groups is 2. The van der Waals surface area contributed by atoms with Crippen LogP contribution in [0, 0.1) is 5.41 Å². The molecule has 1 saturated carbocycles. The number of rotatable bonds is 3. The van der Waals surface area contributed by atoms with E-state index in [9.17, 15) is 9.59 Å². The lowest BCUT2D eigenvalue weighted by Gasteiger charge is -2.33.